The van der Waals surface area contributed by atoms with E-state index >= 15 is 0 Å². The molecule has 1 fully saturated rings. The van der Waals surface area contributed by atoms with Crippen molar-refractivity contribution in [3.05, 3.63) is 96.3 Å². The van der Waals surface area contributed by atoms with Gasteiger partial charge in [-0.25, -0.2) is 14.4 Å². The number of benzene rings is 2. The normalized spacial score (nSPS) is 14.8. The van der Waals surface area contributed by atoms with Crippen LogP contribution in [0.15, 0.2) is 79.3 Å². The number of nitrogens with zero attached hydrogens (tertiary/aromatic N) is 4. The Bertz CT molecular complexity index is 1260. The van der Waals surface area contributed by atoms with Crippen LogP contribution in [0.2, 0.25) is 0 Å². The van der Waals surface area contributed by atoms with Gasteiger partial charge < -0.3 is 4.74 Å². The molecule has 0 unspecified atom stereocenters. The highest BCUT2D eigenvalue weighted by molar-refractivity contribution is 5.69. The van der Waals surface area contributed by atoms with Gasteiger partial charge in [0, 0.05) is 47.7 Å². The molecule has 0 amide bonds. The van der Waals surface area contributed by atoms with Crippen molar-refractivity contribution in [2.75, 3.05) is 20.2 Å². The van der Waals surface area contributed by atoms with E-state index in [1.54, 1.807) is 25.6 Å². The molecule has 0 atom stereocenters. The molecule has 0 spiro atoms. The van der Waals surface area contributed by atoms with E-state index in [1.807, 2.05) is 48.7 Å². The fourth-order valence-electron chi connectivity index (χ4n) is 4.59. The minimum Gasteiger partial charge on any atom is -0.497 e. The molecule has 5 nitrogen and oxygen atoms in total. The summed E-state index contributed by atoms with van der Waals surface area (Å²) in [7, 11) is 1.67. The number of aromatic nitrogens is 3. The van der Waals surface area contributed by atoms with Gasteiger partial charge in [-0.2, -0.15) is 0 Å². The van der Waals surface area contributed by atoms with Gasteiger partial charge in [0.2, 0.25) is 0 Å². The lowest BCUT2D eigenvalue weighted by Gasteiger charge is -2.32. The molecule has 1 aliphatic rings. The Morgan fingerprint density at radius 2 is 1.76 bits per heavy atom. The first-order valence-electron chi connectivity index (χ1n) is 11.6. The Labute approximate surface area is 199 Å². The van der Waals surface area contributed by atoms with E-state index in [1.165, 1.54) is 6.07 Å². The zero-order chi connectivity index (χ0) is 23.3. The fraction of sp³-hybridized carbons (Fsp3) is 0.250. The lowest BCUT2D eigenvalue weighted by molar-refractivity contribution is 0.201. The van der Waals surface area contributed by atoms with Gasteiger partial charge >= 0.3 is 0 Å². The van der Waals surface area contributed by atoms with Crippen molar-refractivity contribution in [2.24, 2.45) is 0 Å². The fourth-order valence-corrected chi connectivity index (χ4v) is 4.59. The van der Waals surface area contributed by atoms with Gasteiger partial charge in [-0.3, -0.25) is 9.88 Å². The molecule has 2 aromatic heterocycles. The summed E-state index contributed by atoms with van der Waals surface area (Å²) < 4.78 is 19.6. The largest absolute Gasteiger partial charge is 0.497 e. The molecule has 0 saturated carbocycles. The van der Waals surface area contributed by atoms with Crippen LogP contribution in [0.1, 0.15) is 30.0 Å². The third-order valence-corrected chi connectivity index (χ3v) is 6.46. The summed E-state index contributed by atoms with van der Waals surface area (Å²) in [5, 5.41) is 0. The van der Waals surface area contributed by atoms with Gasteiger partial charge in [0.25, 0.3) is 0 Å². The highest BCUT2D eigenvalue weighted by atomic mass is 19.1. The van der Waals surface area contributed by atoms with Gasteiger partial charge in [0.1, 0.15) is 11.6 Å². The zero-order valence-corrected chi connectivity index (χ0v) is 19.2. The number of pyridine rings is 1. The Hall–Kier alpha value is -3.64. The predicted molar refractivity (Wildman–Crippen MR) is 131 cm³/mol. The highest BCUT2D eigenvalue weighted by Crippen LogP contribution is 2.36. The molecule has 6 heteroatoms. The molecule has 172 valence electrons. The standard InChI is InChI=1S/C28H27FN4O/c1-34-24-7-4-6-22(17-24)25-18-31-28(21-9-13-30-14-10-21)32-27(25)20-11-15-33(16-12-20)19-23-5-2-3-8-26(23)29/h2-10,13-14,17-18,20H,11-12,15-16,19H2,1H3. The number of rotatable bonds is 6. The van der Waals surface area contributed by atoms with Crippen LogP contribution in [0.4, 0.5) is 4.39 Å². The first kappa shape index (κ1) is 22.2. The van der Waals surface area contributed by atoms with Crippen LogP contribution in [-0.4, -0.2) is 40.1 Å². The molecule has 0 bridgehead atoms. The summed E-state index contributed by atoms with van der Waals surface area (Å²) in [6.45, 7) is 2.42. The first-order valence-corrected chi connectivity index (χ1v) is 11.6. The van der Waals surface area contributed by atoms with Gasteiger partial charge in [-0.1, -0.05) is 30.3 Å². The van der Waals surface area contributed by atoms with Crippen LogP contribution in [0.5, 0.6) is 5.75 Å². The Morgan fingerprint density at radius 1 is 0.971 bits per heavy atom. The molecule has 34 heavy (non-hydrogen) atoms. The zero-order valence-electron chi connectivity index (χ0n) is 19.2. The smallest absolute Gasteiger partial charge is 0.159 e. The number of halogens is 1. The summed E-state index contributed by atoms with van der Waals surface area (Å²) in [5.41, 5.74) is 4.83. The van der Waals surface area contributed by atoms with Crippen molar-refractivity contribution in [1.29, 1.82) is 0 Å². The van der Waals surface area contributed by atoms with Crippen LogP contribution in [0.25, 0.3) is 22.5 Å². The molecule has 0 radical (unpaired) electrons. The first-order chi connectivity index (χ1) is 16.7. The Morgan fingerprint density at radius 3 is 2.53 bits per heavy atom. The van der Waals surface area contributed by atoms with Crippen molar-refractivity contribution < 1.29 is 9.13 Å². The molecule has 0 N–H and O–H groups in total. The van der Waals surface area contributed by atoms with Crippen LogP contribution >= 0.6 is 0 Å². The van der Waals surface area contributed by atoms with Crippen molar-refractivity contribution in [1.82, 2.24) is 19.9 Å². The lowest BCUT2D eigenvalue weighted by Crippen LogP contribution is -2.33. The lowest BCUT2D eigenvalue weighted by atomic mass is 9.88. The highest BCUT2D eigenvalue weighted by Gasteiger charge is 2.26. The minimum absolute atomic E-state index is 0.136. The summed E-state index contributed by atoms with van der Waals surface area (Å²) in [4.78, 5) is 16.2. The molecule has 5 rings (SSSR count). The molecule has 1 saturated heterocycles. The number of hydrogen-bond acceptors (Lipinski definition) is 5. The van der Waals surface area contributed by atoms with Crippen molar-refractivity contribution >= 4 is 0 Å². The van der Waals surface area contributed by atoms with Gasteiger partial charge in [-0.15, -0.1) is 0 Å². The summed E-state index contributed by atoms with van der Waals surface area (Å²) >= 11 is 0. The molecule has 4 aromatic rings. The summed E-state index contributed by atoms with van der Waals surface area (Å²) in [6, 6.07) is 18.9. The average Bonchev–Trinajstić information content (AvgIpc) is 2.91. The van der Waals surface area contributed by atoms with Gasteiger partial charge in [-0.05, 0) is 61.8 Å². The number of likely N-dealkylation sites (tertiary alicyclic amines) is 1. The number of ether oxygens (including phenoxy) is 1. The van der Waals surface area contributed by atoms with Gasteiger partial charge in [0.15, 0.2) is 5.82 Å². The van der Waals surface area contributed by atoms with Gasteiger partial charge in [0.05, 0.1) is 12.8 Å². The molecular weight excluding hydrogens is 427 g/mol. The second-order valence-corrected chi connectivity index (χ2v) is 8.60. The third-order valence-electron chi connectivity index (χ3n) is 6.46. The maximum Gasteiger partial charge on any atom is 0.159 e. The molecule has 2 aromatic carbocycles. The maximum atomic E-state index is 14.1. The average molecular weight is 455 g/mol. The Balaban J connectivity index is 1.43. The minimum atomic E-state index is -0.136. The Kier molecular flexibility index (Phi) is 6.58. The molecule has 3 heterocycles. The van der Waals surface area contributed by atoms with E-state index in [2.05, 4.69) is 20.9 Å². The summed E-state index contributed by atoms with van der Waals surface area (Å²) in [6.07, 6.45) is 7.36. The van der Waals surface area contributed by atoms with Crippen molar-refractivity contribution in [3.8, 4) is 28.3 Å². The number of piperidine rings is 1. The van der Waals surface area contributed by atoms with E-state index in [0.717, 1.165) is 59.6 Å². The monoisotopic (exact) mass is 454 g/mol. The van der Waals surface area contributed by atoms with E-state index in [0.29, 0.717) is 18.3 Å². The van der Waals surface area contributed by atoms with Crippen LogP contribution in [0.3, 0.4) is 0 Å². The number of methoxy groups -OCH3 is 1. The van der Waals surface area contributed by atoms with Crippen molar-refractivity contribution in [3.63, 3.8) is 0 Å². The second-order valence-electron chi connectivity index (χ2n) is 8.60. The molecule has 1 aliphatic heterocycles. The molecular formula is C28H27FN4O. The third kappa shape index (κ3) is 4.82. The van der Waals surface area contributed by atoms with E-state index in [9.17, 15) is 4.39 Å². The van der Waals surface area contributed by atoms with Crippen LogP contribution in [0, 0.1) is 5.82 Å². The topological polar surface area (TPSA) is 51.1 Å². The van der Waals surface area contributed by atoms with E-state index in [-0.39, 0.29) is 5.82 Å². The molecule has 0 aliphatic carbocycles. The van der Waals surface area contributed by atoms with Crippen LogP contribution in [-0.2, 0) is 6.54 Å². The quantitative estimate of drug-likeness (QED) is 0.372. The van der Waals surface area contributed by atoms with Crippen molar-refractivity contribution in [2.45, 2.75) is 25.3 Å². The van der Waals surface area contributed by atoms with E-state index < -0.39 is 0 Å². The second kappa shape index (κ2) is 10.1. The SMILES string of the molecule is COc1cccc(-c2cnc(-c3ccncc3)nc2C2CCN(Cc3ccccc3F)CC2)c1. The van der Waals surface area contributed by atoms with E-state index in [4.69, 9.17) is 9.72 Å². The maximum absolute atomic E-state index is 14.1. The predicted octanol–water partition coefficient (Wildman–Crippen LogP) is 5.73. The summed E-state index contributed by atoms with van der Waals surface area (Å²) in [5.74, 6) is 1.67. The number of hydrogen-bond donors (Lipinski definition) is 0. The van der Waals surface area contributed by atoms with Crippen LogP contribution < -0.4 is 4.74 Å².